The van der Waals surface area contributed by atoms with Gasteiger partial charge in [-0.2, -0.15) is 0 Å². The molecule has 5 heteroatoms. The lowest BCUT2D eigenvalue weighted by atomic mass is 9.98. The van der Waals surface area contributed by atoms with E-state index in [1.807, 2.05) is 62.9 Å². The summed E-state index contributed by atoms with van der Waals surface area (Å²) in [5, 5.41) is 0. The lowest BCUT2D eigenvalue weighted by Gasteiger charge is -2.47. The summed E-state index contributed by atoms with van der Waals surface area (Å²) in [6.07, 6.45) is 3.21. The average molecular weight is 325 g/mol. The third-order valence-electron chi connectivity index (χ3n) is 3.91. The molecule has 1 saturated heterocycles. The highest BCUT2D eigenvalue weighted by Gasteiger charge is 2.40. The fourth-order valence-electron chi connectivity index (χ4n) is 3.29. The van der Waals surface area contributed by atoms with Gasteiger partial charge in [-0.3, -0.25) is 4.79 Å². The summed E-state index contributed by atoms with van der Waals surface area (Å²) in [6.45, 7) is 9.12. The molecule has 1 aliphatic rings. The van der Waals surface area contributed by atoms with E-state index >= 15 is 0 Å². The zero-order chi connectivity index (χ0) is 17.4. The summed E-state index contributed by atoms with van der Waals surface area (Å²) in [4.78, 5) is 23.3. The van der Waals surface area contributed by atoms with Crippen molar-refractivity contribution in [2.75, 3.05) is 13.1 Å². The Labute approximate surface area is 142 Å². The second-order valence-corrected chi connectivity index (χ2v) is 7.44. The Hall–Kier alpha value is -2.27. The number of morpholine rings is 1. The minimum atomic E-state index is -0.373. The van der Waals surface area contributed by atoms with Crippen LogP contribution < -0.4 is 0 Å². The Morgan fingerprint density at radius 1 is 1.00 bits per heavy atom. The molecule has 3 rings (SSSR count). The highest BCUT2D eigenvalue weighted by molar-refractivity contribution is 5.94. The van der Waals surface area contributed by atoms with Crippen LogP contribution in [0.4, 0.5) is 0 Å². The van der Waals surface area contributed by atoms with Crippen LogP contribution in [-0.2, 0) is 4.74 Å². The number of carbonyl (C=O) groups is 1. The SMILES string of the molecule is CC1(C)CN(C(=O)c2cnc(-c3ccccc3)nc2)CC(C)(C)O1. The topological polar surface area (TPSA) is 55.3 Å². The summed E-state index contributed by atoms with van der Waals surface area (Å²) >= 11 is 0. The molecule has 2 heterocycles. The van der Waals surface area contributed by atoms with Crippen LogP contribution in [0, 0.1) is 0 Å². The van der Waals surface area contributed by atoms with Gasteiger partial charge in [0.1, 0.15) is 0 Å². The highest BCUT2D eigenvalue weighted by atomic mass is 16.5. The monoisotopic (exact) mass is 325 g/mol. The first kappa shape index (κ1) is 16.6. The molecule has 1 aliphatic heterocycles. The van der Waals surface area contributed by atoms with Crippen molar-refractivity contribution in [3.63, 3.8) is 0 Å². The molecule has 0 bridgehead atoms. The number of carbonyl (C=O) groups excluding carboxylic acids is 1. The quantitative estimate of drug-likeness (QED) is 0.851. The zero-order valence-electron chi connectivity index (χ0n) is 14.6. The fourth-order valence-corrected chi connectivity index (χ4v) is 3.29. The van der Waals surface area contributed by atoms with Crippen molar-refractivity contribution in [3.8, 4) is 11.4 Å². The maximum atomic E-state index is 12.8. The lowest BCUT2D eigenvalue weighted by molar-refractivity contribution is -0.171. The highest BCUT2D eigenvalue weighted by Crippen LogP contribution is 2.29. The molecule has 1 aromatic heterocycles. The van der Waals surface area contributed by atoms with Gasteiger partial charge in [0.05, 0.1) is 16.8 Å². The van der Waals surface area contributed by atoms with Crippen molar-refractivity contribution >= 4 is 5.91 Å². The van der Waals surface area contributed by atoms with E-state index in [0.717, 1.165) is 5.56 Å². The summed E-state index contributed by atoms with van der Waals surface area (Å²) in [7, 11) is 0. The molecule has 2 aromatic rings. The summed E-state index contributed by atoms with van der Waals surface area (Å²) in [5.41, 5.74) is 0.693. The van der Waals surface area contributed by atoms with E-state index < -0.39 is 0 Å². The van der Waals surface area contributed by atoms with Gasteiger partial charge >= 0.3 is 0 Å². The Balaban J connectivity index is 1.80. The van der Waals surface area contributed by atoms with Crippen molar-refractivity contribution in [3.05, 3.63) is 48.3 Å². The number of amides is 1. The van der Waals surface area contributed by atoms with Gasteiger partial charge in [0, 0.05) is 31.0 Å². The van der Waals surface area contributed by atoms with Crippen molar-refractivity contribution in [2.45, 2.75) is 38.9 Å². The maximum absolute atomic E-state index is 12.8. The minimum absolute atomic E-state index is 0.0564. The smallest absolute Gasteiger partial charge is 0.257 e. The molecule has 0 atom stereocenters. The number of nitrogens with zero attached hydrogens (tertiary/aromatic N) is 3. The van der Waals surface area contributed by atoms with Crippen LogP contribution in [0.3, 0.4) is 0 Å². The molecular formula is C19H23N3O2. The van der Waals surface area contributed by atoms with Gasteiger partial charge in [-0.1, -0.05) is 30.3 Å². The van der Waals surface area contributed by atoms with Crippen LogP contribution in [0.1, 0.15) is 38.1 Å². The van der Waals surface area contributed by atoms with E-state index in [-0.39, 0.29) is 17.1 Å². The first-order valence-corrected chi connectivity index (χ1v) is 8.13. The number of ether oxygens (including phenoxy) is 1. The molecule has 1 fully saturated rings. The van der Waals surface area contributed by atoms with E-state index in [1.165, 1.54) is 0 Å². The first-order chi connectivity index (χ1) is 11.3. The van der Waals surface area contributed by atoms with Gasteiger partial charge in [-0.15, -0.1) is 0 Å². The maximum Gasteiger partial charge on any atom is 0.257 e. The van der Waals surface area contributed by atoms with E-state index in [0.29, 0.717) is 24.5 Å². The molecule has 126 valence electrons. The molecule has 0 saturated carbocycles. The predicted octanol–water partition coefficient (Wildman–Crippen LogP) is 3.17. The van der Waals surface area contributed by atoms with Crippen LogP contribution in [0.25, 0.3) is 11.4 Å². The predicted molar refractivity (Wildman–Crippen MR) is 92.6 cm³/mol. The molecule has 0 spiro atoms. The van der Waals surface area contributed by atoms with Crippen molar-refractivity contribution in [1.29, 1.82) is 0 Å². The molecule has 24 heavy (non-hydrogen) atoms. The van der Waals surface area contributed by atoms with Crippen LogP contribution >= 0.6 is 0 Å². The van der Waals surface area contributed by atoms with E-state index in [9.17, 15) is 4.79 Å². The first-order valence-electron chi connectivity index (χ1n) is 8.13. The molecule has 1 aromatic carbocycles. The second kappa shape index (κ2) is 5.98. The molecule has 0 aliphatic carbocycles. The number of benzene rings is 1. The van der Waals surface area contributed by atoms with Crippen molar-refractivity contribution < 1.29 is 9.53 Å². The fraction of sp³-hybridized carbons (Fsp3) is 0.421. The Morgan fingerprint density at radius 3 is 2.08 bits per heavy atom. The summed E-state index contributed by atoms with van der Waals surface area (Å²) in [5.74, 6) is 0.564. The number of hydrogen-bond acceptors (Lipinski definition) is 4. The van der Waals surface area contributed by atoms with Crippen molar-refractivity contribution in [2.24, 2.45) is 0 Å². The van der Waals surface area contributed by atoms with Gasteiger partial charge in [0.15, 0.2) is 5.82 Å². The number of rotatable bonds is 2. The van der Waals surface area contributed by atoms with Gasteiger partial charge < -0.3 is 9.64 Å². The normalized spacial score (nSPS) is 19.1. The third kappa shape index (κ3) is 3.62. The lowest BCUT2D eigenvalue weighted by Crippen LogP contribution is -2.58. The standard InChI is InChI=1S/C19H23N3O2/c1-18(2)12-22(13-19(3,4)24-18)17(23)15-10-20-16(21-11-15)14-8-6-5-7-9-14/h5-11H,12-13H2,1-4H3. The Kier molecular flexibility index (Phi) is 4.13. The Morgan fingerprint density at radius 2 is 1.54 bits per heavy atom. The number of aromatic nitrogens is 2. The second-order valence-electron chi connectivity index (χ2n) is 7.44. The van der Waals surface area contributed by atoms with Crippen molar-refractivity contribution in [1.82, 2.24) is 14.9 Å². The number of hydrogen-bond donors (Lipinski definition) is 0. The largest absolute Gasteiger partial charge is 0.366 e. The average Bonchev–Trinajstić information content (AvgIpc) is 2.52. The third-order valence-corrected chi connectivity index (χ3v) is 3.91. The Bertz CT molecular complexity index is 708. The molecule has 5 nitrogen and oxygen atoms in total. The summed E-state index contributed by atoms with van der Waals surface area (Å²) < 4.78 is 6.03. The molecule has 0 unspecified atom stereocenters. The van der Waals surface area contributed by atoms with Crippen LogP contribution in [0.5, 0.6) is 0 Å². The van der Waals surface area contributed by atoms with Crippen LogP contribution in [-0.4, -0.2) is 45.1 Å². The van der Waals surface area contributed by atoms with Crippen LogP contribution in [0.2, 0.25) is 0 Å². The van der Waals surface area contributed by atoms with E-state index in [4.69, 9.17) is 4.74 Å². The van der Waals surface area contributed by atoms with E-state index in [1.54, 1.807) is 12.4 Å². The van der Waals surface area contributed by atoms with E-state index in [2.05, 4.69) is 9.97 Å². The van der Waals surface area contributed by atoms with Gasteiger partial charge in [-0.25, -0.2) is 9.97 Å². The minimum Gasteiger partial charge on any atom is -0.366 e. The van der Waals surface area contributed by atoms with Crippen LogP contribution in [0.15, 0.2) is 42.7 Å². The van der Waals surface area contributed by atoms with Gasteiger partial charge in [0.25, 0.3) is 5.91 Å². The molecule has 0 radical (unpaired) electrons. The molecule has 0 N–H and O–H groups in total. The zero-order valence-corrected chi connectivity index (χ0v) is 14.6. The van der Waals surface area contributed by atoms with Gasteiger partial charge in [-0.05, 0) is 27.7 Å². The summed E-state index contributed by atoms with van der Waals surface area (Å²) in [6, 6.07) is 9.72. The van der Waals surface area contributed by atoms with Gasteiger partial charge in [0.2, 0.25) is 0 Å². The molecular weight excluding hydrogens is 302 g/mol. The molecule has 1 amide bonds.